The van der Waals surface area contributed by atoms with Crippen molar-refractivity contribution in [2.75, 3.05) is 0 Å². The van der Waals surface area contributed by atoms with Crippen LogP contribution in [-0.4, -0.2) is 16.9 Å². The third-order valence-corrected chi connectivity index (χ3v) is 6.02. The van der Waals surface area contributed by atoms with Crippen molar-refractivity contribution in [3.8, 4) is 0 Å². The summed E-state index contributed by atoms with van der Waals surface area (Å²) in [5.74, 6) is -0.517. The van der Waals surface area contributed by atoms with Gasteiger partial charge in [0.1, 0.15) is 0 Å². The minimum atomic E-state index is -0.749. The summed E-state index contributed by atoms with van der Waals surface area (Å²) in [5.41, 5.74) is 0. The molecule has 1 aliphatic rings. The zero-order valence-electron chi connectivity index (χ0n) is 13.2. The number of carbonyl (C=O) groups excluding carboxylic acids is 1. The number of fused-ring (bicyclic) bond motifs is 1. The van der Waals surface area contributed by atoms with Crippen LogP contribution in [0.3, 0.4) is 0 Å². The Morgan fingerprint density at radius 3 is 2.65 bits per heavy atom. The van der Waals surface area contributed by atoms with Crippen LogP contribution in [0.2, 0.25) is 0 Å². The molecule has 4 heteroatoms. The first-order valence-electron chi connectivity index (χ1n) is 8.38. The molecule has 0 bridgehead atoms. The first-order chi connectivity index (χ1) is 11.1. The van der Waals surface area contributed by atoms with E-state index in [0.29, 0.717) is 18.8 Å². The lowest BCUT2D eigenvalue weighted by molar-refractivity contribution is -0.142. The number of hydrogen-bond acceptors (Lipinski definition) is 3. The normalized spacial score (nSPS) is 16.7. The quantitative estimate of drug-likeness (QED) is 0.715. The highest BCUT2D eigenvalue weighted by atomic mass is 32.1. The van der Waals surface area contributed by atoms with Gasteiger partial charge in [0.2, 0.25) is 0 Å². The van der Waals surface area contributed by atoms with Gasteiger partial charge in [-0.2, -0.15) is 0 Å². The maximum absolute atomic E-state index is 12.4. The minimum Gasteiger partial charge on any atom is -0.481 e. The Balaban J connectivity index is 1.60. The van der Waals surface area contributed by atoms with Crippen molar-refractivity contribution in [1.29, 1.82) is 0 Å². The highest BCUT2D eigenvalue weighted by Crippen LogP contribution is 2.32. The molecular formula is C19H22O3S. The number of rotatable bonds is 7. The van der Waals surface area contributed by atoms with Crippen LogP contribution in [0.25, 0.3) is 10.1 Å². The summed E-state index contributed by atoms with van der Waals surface area (Å²) < 4.78 is 1.11. The molecule has 0 amide bonds. The summed E-state index contributed by atoms with van der Waals surface area (Å²) in [7, 11) is 0. The zero-order chi connectivity index (χ0) is 16.2. The molecule has 1 aromatic carbocycles. The molecule has 1 atom stereocenters. The molecule has 1 heterocycles. The van der Waals surface area contributed by atoms with Gasteiger partial charge in [0, 0.05) is 11.1 Å². The number of hydrogen-bond donors (Lipinski definition) is 1. The summed E-state index contributed by atoms with van der Waals surface area (Å²) >= 11 is 1.50. The molecule has 0 radical (unpaired) electrons. The Morgan fingerprint density at radius 2 is 1.96 bits per heavy atom. The predicted octanol–water partition coefficient (Wildman–Crippen LogP) is 5.15. The summed E-state index contributed by atoms with van der Waals surface area (Å²) in [4.78, 5) is 24.6. The molecule has 3 nitrogen and oxygen atoms in total. The summed E-state index contributed by atoms with van der Waals surface area (Å²) in [6.45, 7) is 0. The van der Waals surface area contributed by atoms with Crippen LogP contribution < -0.4 is 0 Å². The molecule has 1 N–H and O–H groups in total. The molecule has 0 aliphatic heterocycles. The van der Waals surface area contributed by atoms with Gasteiger partial charge in [-0.1, -0.05) is 43.9 Å². The second-order valence-electron chi connectivity index (χ2n) is 6.53. The van der Waals surface area contributed by atoms with Crippen LogP contribution in [0, 0.1) is 11.8 Å². The number of carbonyl (C=O) groups is 2. The SMILES string of the molecule is O=C(CC[C@@H](CC1CCCC1)C(=O)O)c1cc2ccccc2s1. The van der Waals surface area contributed by atoms with Crippen LogP contribution in [0.5, 0.6) is 0 Å². The second-order valence-corrected chi connectivity index (χ2v) is 7.62. The van der Waals surface area contributed by atoms with E-state index in [1.807, 2.05) is 30.3 Å². The number of carboxylic acids is 1. The largest absolute Gasteiger partial charge is 0.481 e. The van der Waals surface area contributed by atoms with Gasteiger partial charge in [0.25, 0.3) is 0 Å². The molecule has 3 rings (SSSR count). The first-order valence-corrected chi connectivity index (χ1v) is 9.19. The summed E-state index contributed by atoms with van der Waals surface area (Å²) in [6, 6.07) is 9.87. The van der Waals surface area contributed by atoms with Gasteiger partial charge in [-0.3, -0.25) is 9.59 Å². The predicted molar refractivity (Wildman–Crippen MR) is 93.1 cm³/mol. The van der Waals surface area contributed by atoms with Gasteiger partial charge < -0.3 is 5.11 Å². The van der Waals surface area contributed by atoms with E-state index in [-0.39, 0.29) is 11.7 Å². The molecule has 1 aliphatic carbocycles. The van der Waals surface area contributed by atoms with Crippen LogP contribution >= 0.6 is 11.3 Å². The van der Waals surface area contributed by atoms with Gasteiger partial charge in [0.05, 0.1) is 10.8 Å². The van der Waals surface area contributed by atoms with Crippen molar-refractivity contribution in [2.45, 2.75) is 44.9 Å². The fourth-order valence-corrected chi connectivity index (χ4v) is 4.57. The van der Waals surface area contributed by atoms with Gasteiger partial charge in [0.15, 0.2) is 5.78 Å². The first kappa shape index (κ1) is 16.2. The van der Waals surface area contributed by atoms with E-state index in [1.54, 1.807) is 0 Å². The molecule has 0 saturated heterocycles. The van der Waals surface area contributed by atoms with Crippen molar-refractivity contribution >= 4 is 33.2 Å². The average molecular weight is 330 g/mol. The third kappa shape index (κ3) is 3.99. The van der Waals surface area contributed by atoms with Crippen molar-refractivity contribution < 1.29 is 14.7 Å². The fraction of sp³-hybridized carbons (Fsp3) is 0.474. The fourth-order valence-electron chi connectivity index (χ4n) is 3.54. The lowest BCUT2D eigenvalue weighted by atomic mass is 9.89. The molecular weight excluding hydrogens is 308 g/mol. The molecule has 2 aromatic rings. The molecule has 1 fully saturated rings. The van der Waals surface area contributed by atoms with Crippen LogP contribution in [-0.2, 0) is 4.79 Å². The molecule has 1 aromatic heterocycles. The molecule has 0 spiro atoms. The number of ketones is 1. The van der Waals surface area contributed by atoms with Gasteiger partial charge in [-0.05, 0) is 36.3 Å². The van der Waals surface area contributed by atoms with E-state index in [4.69, 9.17) is 0 Å². The second kappa shape index (κ2) is 7.26. The van der Waals surface area contributed by atoms with E-state index < -0.39 is 5.97 Å². The van der Waals surface area contributed by atoms with Crippen molar-refractivity contribution in [3.05, 3.63) is 35.2 Å². The standard InChI is InChI=1S/C19H22O3S/c20-16(18-12-14-7-3-4-8-17(14)23-18)10-9-15(19(21)22)11-13-5-1-2-6-13/h3-4,7-8,12-13,15H,1-2,5-6,9-11H2,(H,21,22)/t15-/m0/s1. The average Bonchev–Trinajstić information content (AvgIpc) is 3.19. The topological polar surface area (TPSA) is 54.4 Å². The van der Waals surface area contributed by atoms with E-state index in [1.165, 1.54) is 24.2 Å². The molecule has 122 valence electrons. The van der Waals surface area contributed by atoms with Crippen molar-refractivity contribution in [3.63, 3.8) is 0 Å². The number of benzene rings is 1. The van der Waals surface area contributed by atoms with Crippen molar-refractivity contribution in [2.24, 2.45) is 11.8 Å². The van der Waals surface area contributed by atoms with Crippen LogP contribution in [0.4, 0.5) is 0 Å². The molecule has 23 heavy (non-hydrogen) atoms. The highest BCUT2D eigenvalue weighted by molar-refractivity contribution is 7.20. The Kier molecular flexibility index (Phi) is 5.11. The van der Waals surface area contributed by atoms with E-state index in [9.17, 15) is 14.7 Å². The smallest absolute Gasteiger partial charge is 0.306 e. The summed E-state index contributed by atoms with van der Waals surface area (Å²) in [5, 5.41) is 10.5. The number of aliphatic carboxylic acids is 1. The highest BCUT2D eigenvalue weighted by Gasteiger charge is 2.25. The number of Topliss-reactive ketones (excluding diaryl/α,β-unsaturated/α-hetero) is 1. The Hall–Kier alpha value is -1.68. The van der Waals surface area contributed by atoms with E-state index >= 15 is 0 Å². The number of thiophene rings is 1. The third-order valence-electron chi connectivity index (χ3n) is 4.86. The Morgan fingerprint density at radius 1 is 1.22 bits per heavy atom. The van der Waals surface area contributed by atoms with Crippen LogP contribution in [0.1, 0.15) is 54.6 Å². The Bertz CT molecular complexity index is 664. The lowest BCUT2D eigenvalue weighted by Gasteiger charge is -2.16. The number of carboxylic acid groups (broad SMARTS) is 1. The van der Waals surface area contributed by atoms with E-state index in [0.717, 1.165) is 34.2 Å². The van der Waals surface area contributed by atoms with E-state index in [2.05, 4.69) is 0 Å². The lowest BCUT2D eigenvalue weighted by Crippen LogP contribution is -2.18. The van der Waals surface area contributed by atoms with Crippen LogP contribution in [0.15, 0.2) is 30.3 Å². The molecule has 0 unspecified atom stereocenters. The van der Waals surface area contributed by atoms with Crippen molar-refractivity contribution in [1.82, 2.24) is 0 Å². The monoisotopic (exact) mass is 330 g/mol. The zero-order valence-corrected chi connectivity index (χ0v) is 14.0. The van der Waals surface area contributed by atoms with Gasteiger partial charge in [-0.25, -0.2) is 0 Å². The van der Waals surface area contributed by atoms with Gasteiger partial charge >= 0.3 is 5.97 Å². The summed E-state index contributed by atoms with van der Waals surface area (Å²) in [6.07, 6.45) is 6.25. The minimum absolute atomic E-state index is 0.0730. The maximum atomic E-state index is 12.4. The van der Waals surface area contributed by atoms with Gasteiger partial charge in [-0.15, -0.1) is 11.3 Å². The molecule has 1 saturated carbocycles. The Labute approximate surface area is 140 Å². The maximum Gasteiger partial charge on any atom is 0.306 e.